The van der Waals surface area contributed by atoms with Crippen LogP contribution in [0.3, 0.4) is 0 Å². The number of hydrogen-bond acceptors (Lipinski definition) is 4. The summed E-state index contributed by atoms with van der Waals surface area (Å²) in [6, 6.07) is 22.8. The van der Waals surface area contributed by atoms with Crippen molar-refractivity contribution in [3.63, 3.8) is 0 Å². The fourth-order valence-corrected chi connectivity index (χ4v) is 5.76. The topological polar surface area (TPSA) is 86.8 Å². The van der Waals surface area contributed by atoms with E-state index in [4.69, 9.17) is 0 Å². The van der Waals surface area contributed by atoms with Gasteiger partial charge in [0, 0.05) is 27.4 Å². The van der Waals surface area contributed by atoms with Crippen molar-refractivity contribution in [1.82, 2.24) is 10.2 Å². The number of anilines is 1. The van der Waals surface area contributed by atoms with Crippen LogP contribution in [0.2, 0.25) is 0 Å². The molecule has 0 aliphatic rings. The van der Waals surface area contributed by atoms with Gasteiger partial charge in [-0.2, -0.15) is 0 Å². The first-order valence-electron chi connectivity index (χ1n) is 12.4. The van der Waals surface area contributed by atoms with Gasteiger partial charge in [-0.25, -0.2) is 8.42 Å². The SMILES string of the molecule is CC(C)(C)NC(=O)C(Cc1ccccc1)N(Cc1cccc(Br)c1)C(=O)CN(c1cccc(Br)c1)S(C)(=O)=O. The summed E-state index contributed by atoms with van der Waals surface area (Å²) in [5, 5.41) is 3.01. The van der Waals surface area contributed by atoms with Gasteiger partial charge < -0.3 is 10.2 Å². The number of carbonyl (C=O) groups is 2. The summed E-state index contributed by atoms with van der Waals surface area (Å²) in [6.45, 7) is 5.29. The summed E-state index contributed by atoms with van der Waals surface area (Å²) < 4.78 is 28.3. The third-order valence-electron chi connectivity index (χ3n) is 5.79. The minimum absolute atomic E-state index is 0.115. The van der Waals surface area contributed by atoms with Crippen molar-refractivity contribution >= 4 is 59.4 Å². The van der Waals surface area contributed by atoms with Crippen molar-refractivity contribution in [1.29, 1.82) is 0 Å². The maximum atomic E-state index is 14.1. The lowest BCUT2D eigenvalue weighted by molar-refractivity contribution is -0.140. The fraction of sp³-hybridized carbons (Fsp3) is 0.310. The molecule has 0 fully saturated rings. The third kappa shape index (κ3) is 9.47. The van der Waals surface area contributed by atoms with Gasteiger partial charge in [0.05, 0.1) is 11.9 Å². The normalized spacial score (nSPS) is 12.5. The maximum Gasteiger partial charge on any atom is 0.244 e. The molecule has 0 saturated heterocycles. The van der Waals surface area contributed by atoms with Crippen molar-refractivity contribution in [2.45, 2.75) is 45.3 Å². The van der Waals surface area contributed by atoms with Crippen LogP contribution in [0.4, 0.5) is 5.69 Å². The highest BCUT2D eigenvalue weighted by atomic mass is 79.9. The molecule has 208 valence electrons. The monoisotopic (exact) mass is 677 g/mol. The highest BCUT2D eigenvalue weighted by Crippen LogP contribution is 2.24. The average Bonchev–Trinajstić information content (AvgIpc) is 2.83. The highest BCUT2D eigenvalue weighted by molar-refractivity contribution is 9.10. The molecule has 3 aromatic carbocycles. The standard InChI is InChI=1S/C29H33Br2N3O4S/c1-29(2,3)32-28(36)26(17-21-10-6-5-7-11-21)33(19-22-12-8-13-23(30)16-22)27(35)20-34(39(4,37)38)25-15-9-14-24(31)18-25/h5-16,18,26H,17,19-20H2,1-4H3,(H,32,36). The number of nitrogens with one attached hydrogen (secondary N) is 1. The molecule has 7 nitrogen and oxygen atoms in total. The second-order valence-corrected chi connectivity index (χ2v) is 14.1. The van der Waals surface area contributed by atoms with E-state index in [0.29, 0.717) is 10.2 Å². The maximum absolute atomic E-state index is 14.1. The molecule has 0 heterocycles. The summed E-state index contributed by atoms with van der Waals surface area (Å²) in [5.41, 5.74) is 1.49. The molecule has 0 saturated carbocycles. The lowest BCUT2D eigenvalue weighted by Gasteiger charge is -2.35. The van der Waals surface area contributed by atoms with Gasteiger partial charge in [0.25, 0.3) is 0 Å². The Labute approximate surface area is 247 Å². The van der Waals surface area contributed by atoms with Crippen LogP contribution < -0.4 is 9.62 Å². The Balaban J connectivity index is 2.08. The lowest BCUT2D eigenvalue weighted by atomic mass is 10.0. The molecule has 3 rings (SSSR count). The van der Waals surface area contributed by atoms with E-state index in [9.17, 15) is 18.0 Å². The number of nitrogens with zero attached hydrogens (tertiary/aromatic N) is 2. The first-order chi connectivity index (χ1) is 18.2. The molecule has 39 heavy (non-hydrogen) atoms. The minimum atomic E-state index is -3.82. The summed E-state index contributed by atoms with van der Waals surface area (Å²) >= 11 is 6.85. The molecule has 1 atom stereocenters. The first kappa shape index (κ1) is 30.8. The van der Waals surface area contributed by atoms with E-state index in [1.165, 1.54) is 4.90 Å². The van der Waals surface area contributed by atoms with Crippen molar-refractivity contribution in [3.8, 4) is 0 Å². The van der Waals surface area contributed by atoms with Crippen LogP contribution in [0, 0.1) is 0 Å². The minimum Gasteiger partial charge on any atom is -0.350 e. The predicted octanol–water partition coefficient (Wildman–Crippen LogP) is 5.53. The molecule has 1 N–H and O–H groups in total. The molecule has 0 aromatic heterocycles. The predicted molar refractivity (Wildman–Crippen MR) is 163 cm³/mol. The van der Waals surface area contributed by atoms with Gasteiger partial charge in [-0.3, -0.25) is 13.9 Å². The van der Waals surface area contributed by atoms with Crippen LogP contribution in [0.1, 0.15) is 31.9 Å². The number of halogens is 2. The number of hydrogen-bond donors (Lipinski definition) is 1. The van der Waals surface area contributed by atoms with Crippen LogP contribution >= 0.6 is 31.9 Å². The quantitative estimate of drug-likeness (QED) is 0.306. The fourth-order valence-electron chi connectivity index (χ4n) is 4.08. The highest BCUT2D eigenvalue weighted by Gasteiger charge is 2.34. The van der Waals surface area contributed by atoms with E-state index in [0.717, 1.165) is 26.2 Å². The van der Waals surface area contributed by atoms with Crippen LogP contribution in [-0.2, 0) is 32.6 Å². The first-order valence-corrected chi connectivity index (χ1v) is 15.8. The van der Waals surface area contributed by atoms with E-state index >= 15 is 0 Å². The van der Waals surface area contributed by atoms with Crippen molar-refractivity contribution in [2.24, 2.45) is 0 Å². The largest absolute Gasteiger partial charge is 0.350 e. The van der Waals surface area contributed by atoms with Crippen molar-refractivity contribution in [2.75, 3.05) is 17.1 Å². The molecule has 0 bridgehead atoms. The van der Waals surface area contributed by atoms with E-state index in [-0.39, 0.29) is 18.9 Å². The Morgan fingerprint density at radius 1 is 0.872 bits per heavy atom. The van der Waals surface area contributed by atoms with Gasteiger partial charge in [-0.05, 0) is 62.2 Å². The van der Waals surface area contributed by atoms with Gasteiger partial charge in [-0.15, -0.1) is 0 Å². The number of carbonyl (C=O) groups excluding carboxylic acids is 2. The van der Waals surface area contributed by atoms with Crippen LogP contribution in [0.25, 0.3) is 0 Å². The number of sulfonamides is 1. The van der Waals surface area contributed by atoms with Crippen LogP contribution in [0.5, 0.6) is 0 Å². The third-order valence-corrected chi connectivity index (χ3v) is 7.91. The molecular weight excluding hydrogens is 646 g/mol. The smallest absolute Gasteiger partial charge is 0.244 e. The summed E-state index contributed by atoms with van der Waals surface area (Å²) in [5.74, 6) is -0.812. The Hall–Kier alpha value is -2.69. The van der Waals surface area contributed by atoms with Crippen LogP contribution in [0.15, 0.2) is 87.8 Å². The second kappa shape index (κ2) is 13.1. The molecule has 0 spiro atoms. The van der Waals surface area contributed by atoms with Gasteiger partial charge >= 0.3 is 0 Å². The molecule has 10 heteroatoms. The van der Waals surface area contributed by atoms with Gasteiger partial charge in [0.1, 0.15) is 12.6 Å². The van der Waals surface area contributed by atoms with E-state index in [1.807, 2.05) is 75.4 Å². The molecule has 0 radical (unpaired) electrons. The summed E-state index contributed by atoms with van der Waals surface area (Å²) in [4.78, 5) is 29.3. The van der Waals surface area contributed by atoms with Gasteiger partial charge in [-0.1, -0.05) is 80.4 Å². The number of rotatable bonds is 10. The van der Waals surface area contributed by atoms with Crippen molar-refractivity contribution < 1.29 is 18.0 Å². The Kier molecular flexibility index (Phi) is 10.4. The summed E-state index contributed by atoms with van der Waals surface area (Å²) in [7, 11) is -3.82. The van der Waals surface area contributed by atoms with Crippen LogP contribution in [-0.4, -0.2) is 49.5 Å². The van der Waals surface area contributed by atoms with E-state index < -0.39 is 34.1 Å². The Morgan fingerprint density at radius 3 is 2.03 bits per heavy atom. The van der Waals surface area contributed by atoms with Gasteiger partial charge in [0.15, 0.2) is 0 Å². The van der Waals surface area contributed by atoms with Gasteiger partial charge in [0.2, 0.25) is 21.8 Å². The molecule has 0 aliphatic heterocycles. The molecule has 2 amide bonds. The number of amides is 2. The Morgan fingerprint density at radius 2 is 1.46 bits per heavy atom. The summed E-state index contributed by atoms with van der Waals surface area (Å²) in [6.07, 6.45) is 1.33. The molecule has 0 aliphatic carbocycles. The Bertz CT molecular complexity index is 1410. The zero-order valence-electron chi connectivity index (χ0n) is 22.4. The van der Waals surface area contributed by atoms with Crippen molar-refractivity contribution in [3.05, 3.63) is 98.9 Å². The molecular formula is C29H33Br2N3O4S. The zero-order chi connectivity index (χ0) is 28.8. The average molecular weight is 679 g/mol. The lowest BCUT2D eigenvalue weighted by Crippen LogP contribution is -2.56. The van der Waals surface area contributed by atoms with E-state index in [1.54, 1.807) is 24.3 Å². The molecule has 1 unspecified atom stereocenters. The second-order valence-electron chi connectivity index (χ2n) is 10.3. The van der Waals surface area contributed by atoms with E-state index in [2.05, 4.69) is 37.2 Å². The molecule has 3 aromatic rings. The number of benzene rings is 3. The zero-order valence-corrected chi connectivity index (χ0v) is 26.4.